The Balaban J connectivity index is 1.33. The molecule has 0 saturated heterocycles. The largest absolute Gasteiger partial charge is 0.326 e. The lowest BCUT2D eigenvalue weighted by atomic mass is 10.2. The third kappa shape index (κ3) is 5.37. The third-order valence-corrected chi connectivity index (χ3v) is 4.69. The highest BCUT2D eigenvalue weighted by molar-refractivity contribution is 6.00. The Morgan fingerprint density at radius 2 is 1.44 bits per heavy atom. The molecule has 4 rings (SSSR count). The van der Waals surface area contributed by atoms with Gasteiger partial charge in [-0.2, -0.15) is 0 Å². The molecule has 0 aliphatic heterocycles. The molecular weight excluding hydrogens is 406 g/mol. The molecule has 3 amide bonds. The van der Waals surface area contributed by atoms with Gasteiger partial charge in [0.1, 0.15) is 5.82 Å². The van der Waals surface area contributed by atoms with Crippen molar-refractivity contribution in [2.45, 2.75) is 12.8 Å². The zero-order chi connectivity index (χ0) is 22.3. The zero-order valence-corrected chi connectivity index (χ0v) is 17.1. The number of aromatic amines is 1. The van der Waals surface area contributed by atoms with Gasteiger partial charge >= 0.3 is 6.03 Å². The van der Waals surface area contributed by atoms with E-state index in [1.54, 1.807) is 54.6 Å². The van der Waals surface area contributed by atoms with Crippen molar-refractivity contribution in [3.8, 4) is 0 Å². The number of H-pyrrole nitrogens is 1. The number of anilines is 3. The number of benzene rings is 3. The van der Waals surface area contributed by atoms with Crippen LogP contribution in [0.4, 0.5) is 21.9 Å². The lowest BCUT2D eigenvalue weighted by Gasteiger charge is -2.10. The maximum Gasteiger partial charge on any atom is 0.323 e. The van der Waals surface area contributed by atoms with Crippen LogP contribution < -0.4 is 21.5 Å². The van der Waals surface area contributed by atoms with Crippen LogP contribution in [0, 0.1) is 0 Å². The zero-order valence-electron chi connectivity index (χ0n) is 17.1. The highest BCUT2D eigenvalue weighted by Gasteiger charge is 2.08. The summed E-state index contributed by atoms with van der Waals surface area (Å²) in [6, 6.07) is 22.6. The van der Waals surface area contributed by atoms with Crippen molar-refractivity contribution >= 4 is 39.9 Å². The van der Waals surface area contributed by atoms with Crippen LogP contribution in [0.3, 0.4) is 0 Å². The Hall–Kier alpha value is -4.46. The number of hydrogen-bond acceptors (Lipinski definition) is 4. The summed E-state index contributed by atoms with van der Waals surface area (Å²) in [5, 5.41) is 8.78. The van der Waals surface area contributed by atoms with Crippen LogP contribution in [-0.2, 0) is 11.2 Å². The summed E-state index contributed by atoms with van der Waals surface area (Å²) in [4.78, 5) is 43.8. The van der Waals surface area contributed by atoms with Crippen molar-refractivity contribution < 1.29 is 9.59 Å². The number of rotatable bonds is 6. The lowest BCUT2D eigenvalue weighted by molar-refractivity contribution is -0.116. The van der Waals surface area contributed by atoms with Crippen LogP contribution in [0.25, 0.3) is 10.9 Å². The van der Waals surface area contributed by atoms with Gasteiger partial charge in [-0.1, -0.05) is 36.4 Å². The standard InChI is InChI=1S/C24H21N5O3/c30-22(14-13-21-28-20-12-5-4-11-19(20)23(31)29-21)25-17-9-6-10-18(15-17)27-24(32)26-16-7-2-1-3-8-16/h1-12,15H,13-14H2,(H,25,30)(H2,26,27,32)(H,28,29,31). The summed E-state index contributed by atoms with van der Waals surface area (Å²) in [6.45, 7) is 0. The first-order valence-electron chi connectivity index (χ1n) is 10.1. The van der Waals surface area contributed by atoms with E-state index < -0.39 is 0 Å². The number of hydrogen-bond donors (Lipinski definition) is 4. The van der Waals surface area contributed by atoms with Crippen molar-refractivity contribution in [2.75, 3.05) is 16.0 Å². The molecule has 0 aliphatic rings. The number of amides is 3. The molecule has 8 heteroatoms. The van der Waals surface area contributed by atoms with Gasteiger partial charge in [-0.15, -0.1) is 0 Å². The van der Waals surface area contributed by atoms with Gasteiger partial charge in [0, 0.05) is 29.9 Å². The quantitative estimate of drug-likeness (QED) is 0.370. The second kappa shape index (κ2) is 9.57. The normalized spacial score (nSPS) is 10.5. The highest BCUT2D eigenvalue weighted by atomic mass is 16.2. The van der Waals surface area contributed by atoms with Gasteiger partial charge in [0.05, 0.1) is 10.9 Å². The molecule has 0 radical (unpaired) electrons. The van der Waals surface area contributed by atoms with Gasteiger partial charge < -0.3 is 20.9 Å². The van der Waals surface area contributed by atoms with Gasteiger partial charge in [-0.05, 0) is 42.5 Å². The first-order valence-corrected chi connectivity index (χ1v) is 10.1. The third-order valence-electron chi connectivity index (χ3n) is 4.69. The predicted octanol–water partition coefficient (Wildman–Crippen LogP) is 4.14. The van der Waals surface area contributed by atoms with E-state index in [1.807, 2.05) is 24.3 Å². The van der Waals surface area contributed by atoms with Gasteiger partial charge in [0.15, 0.2) is 0 Å². The Morgan fingerprint density at radius 3 is 2.25 bits per heavy atom. The van der Waals surface area contributed by atoms with E-state index in [0.717, 1.165) is 0 Å². The summed E-state index contributed by atoms with van der Waals surface area (Å²) in [5.74, 6) is 0.226. The lowest BCUT2D eigenvalue weighted by Crippen LogP contribution is -2.19. The Labute approximate surface area is 183 Å². The predicted molar refractivity (Wildman–Crippen MR) is 125 cm³/mol. The molecule has 160 valence electrons. The van der Waals surface area contributed by atoms with Crippen molar-refractivity contribution in [1.82, 2.24) is 9.97 Å². The molecule has 0 atom stereocenters. The number of aryl methyl sites for hydroxylation is 1. The molecule has 1 heterocycles. The smallest absolute Gasteiger partial charge is 0.323 e. The molecule has 0 unspecified atom stereocenters. The summed E-state index contributed by atoms with van der Waals surface area (Å²) in [5.41, 5.74) is 2.14. The molecular formula is C24H21N5O3. The number of urea groups is 1. The first kappa shape index (κ1) is 20.8. The number of carbonyl (C=O) groups is 2. The van der Waals surface area contributed by atoms with Crippen LogP contribution >= 0.6 is 0 Å². The van der Waals surface area contributed by atoms with Crippen molar-refractivity contribution in [2.24, 2.45) is 0 Å². The van der Waals surface area contributed by atoms with E-state index in [2.05, 4.69) is 25.9 Å². The van der Waals surface area contributed by atoms with Crippen LogP contribution in [-0.4, -0.2) is 21.9 Å². The average Bonchev–Trinajstić information content (AvgIpc) is 2.78. The summed E-state index contributed by atoms with van der Waals surface area (Å²) >= 11 is 0. The first-order chi connectivity index (χ1) is 15.6. The van der Waals surface area contributed by atoms with Crippen molar-refractivity contribution in [3.63, 3.8) is 0 Å². The molecule has 0 bridgehead atoms. The van der Waals surface area contributed by atoms with Crippen molar-refractivity contribution in [3.05, 3.63) is 95.0 Å². The van der Waals surface area contributed by atoms with E-state index in [1.165, 1.54) is 0 Å². The van der Waals surface area contributed by atoms with Crippen LogP contribution in [0.5, 0.6) is 0 Å². The van der Waals surface area contributed by atoms with Gasteiger partial charge in [-0.3, -0.25) is 9.59 Å². The monoisotopic (exact) mass is 427 g/mol. The number of carbonyl (C=O) groups excluding carboxylic acids is 2. The molecule has 4 aromatic rings. The minimum atomic E-state index is -0.383. The number of fused-ring (bicyclic) bond motifs is 1. The van der Waals surface area contributed by atoms with Gasteiger partial charge in [0.25, 0.3) is 5.56 Å². The SMILES string of the molecule is O=C(CCc1nc2ccccc2c(=O)[nH]1)Nc1cccc(NC(=O)Nc2ccccc2)c1. The minimum Gasteiger partial charge on any atom is -0.326 e. The Morgan fingerprint density at radius 1 is 0.781 bits per heavy atom. The van der Waals surface area contributed by atoms with E-state index in [9.17, 15) is 14.4 Å². The molecule has 3 aromatic carbocycles. The molecule has 32 heavy (non-hydrogen) atoms. The van der Waals surface area contributed by atoms with Gasteiger partial charge in [-0.25, -0.2) is 9.78 Å². The summed E-state index contributed by atoms with van der Waals surface area (Å²) < 4.78 is 0. The fraction of sp³-hybridized carbons (Fsp3) is 0.0833. The molecule has 4 N–H and O–H groups in total. The van der Waals surface area contributed by atoms with E-state index >= 15 is 0 Å². The topological polar surface area (TPSA) is 116 Å². The minimum absolute atomic E-state index is 0.146. The average molecular weight is 427 g/mol. The molecule has 8 nitrogen and oxygen atoms in total. The fourth-order valence-corrected chi connectivity index (χ4v) is 3.20. The number of para-hydroxylation sites is 2. The summed E-state index contributed by atoms with van der Waals surface area (Å²) in [6.07, 6.45) is 0.441. The molecule has 1 aromatic heterocycles. The van der Waals surface area contributed by atoms with E-state index in [-0.39, 0.29) is 23.9 Å². The molecule has 0 spiro atoms. The van der Waals surface area contributed by atoms with E-state index in [4.69, 9.17) is 0 Å². The maximum absolute atomic E-state index is 12.4. The second-order valence-electron chi connectivity index (χ2n) is 7.10. The Bertz CT molecular complexity index is 1320. The van der Waals surface area contributed by atoms with Crippen LogP contribution in [0.15, 0.2) is 83.7 Å². The molecule has 0 saturated carbocycles. The van der Waals surface area contributed by atoms with Crippen LogP contribution in [0.2, 0.25) is 0 Å². The Kier molecular flexibility index (Phi) is 6.22. The maximum atomic E-state index is 12.4. The molecule has 0 aliphatic carbocycles. The highest BCUT2D eigenvalue weighted by Crippen LogP contribution is 2.16. The summed E-state index contributed by atoms with van der Waals surface area (Å²) in [7, 11) is 0. The fourth-order valence-electron chi connectivity index (χ4n) is 3.20. The second-order valence-corrected chi connectivity index (χ2v) is 7.10. The van der Waals surface area contributed by atoms with Crippen LogP contribution in [0.1, 0.15) is 12.2 Å². The number of aromatic nitrogens is 2. The van der Waals surface area contributed by atoms with Crippen molar-refractivity contribution in [1.29, 1.82) is 0 Å². The van der Waals surface area contributed by atoms with E-state index in [0.29, 0.717) is 40.2 Å². The number of nitrogens with zero attached hydrogens (tertiary/aromatic N) is 1. The number of nitrogens with one attached hydrogen (secondary N) is 4. The van der Waals surface area contributed by atoms with Gasteiger partial charge in [0.2, 0.25) is 5.91 Å². The molecule has 0 fully saturated rings.